The van der Waals surface area contributed by atoms with Crippen LogP contribution < -0.4 is 0 Å². The molecular weight excluding hydrogens is 290 g/mol. The summed E-state index contributed by atoms with van der Waals surface area (Å²) in [5.74, 6) is 0.978. The van der Waals surface area contributed by atoms with Gasteiger partial charge in [-0.2, -0.15) is 5.10 Å². The minimum Gasteiger partial charge on any atom is -0.359 e. The first-order valence-corrected chi connectivity index (χ1v) is 8.07. The number of nitrogens with zero attached hydrogens (tertiary/aromatic N) is 5. The number of likely N-dealkylation sites (tertiary alicyclic amines) is 1. The van der Waals surface area contributed by atoms with Crippen molar-refractivity contribution in [3.8, 4) is 0 Å². The highest BCUT2D eigenvalue weighted by molar-refractivity contribution is 5.78. The van der Waals surface area contributed by atoms with Crippen LogP contribution in [0.5, 0.6) is 0 Å². The zero-order valence-corrected chi connectivity index (χ0v) is 13.8. The molecule has 4 rings (SSSR count). The zero-order valence-electron chi connectivity index (χ0n) is 13.8. The van der Waals surface area contributed by atoms with E-state index in [1.165, 1.54) is 12.0 Å². The maximum atomic E-state index is 5.49. The summed E-state index contributed by atoms with van der Waals surface area (Å²) in [6.07, 6.45) is 4.27. The van der Waals surface area contributed by atoms with Gasteiger partial charge in [-0.25, -0.2) is 4.98 Å². The van der Waals surface area contributed by atoms with Gasteiger partial charge in [0.15, 0.2) is 11.4 Å². The third-order valence-corrected chi connectivity index (χ3v) is 4.64. The molecule has 120 valence electrons. The van der Waals surface area contributed by atoms with E-state index in [0.717, 1.165) is 47.7 Å². The van der Waals surface area contributed by atoms with Gasteiger partial charge in [0.1, 0.15) is 0 Å². The van der Waals surface area contributed by atoms with Gasteiger partial charge in [0.05, 0.1) is 17.4 Å². The second-order valence-electron chi connectivity index (χ2n) is 6.42. The molecule has 1 aliphatic heterocycles. The fraction of sp³-hybridized carbons (Fsp3) is 0.471. The van der Waals surface area contributed by atoms with Crippen LogP contribution in [0.15, 0.2) is 22.9 Å². The quantitative estimate of drug-likeness (QED) is 0.744. The minimum atomic E-state index is 0.321. The molecule has 0 spiro atoms. The molecule has 6 nitrogen and oxygen atoms in total. The molecule has 1 saturated heterocycles. The molecule has 1 atom stereocenters. The topological polar surface area (TPSA) is 60.0 Å². The smallest absolute Gasteiger partial charge is 0.157 e. The lowest BCUT2D eigenvalue weighted by Gasteiger charge is -2.22. The predicted molar refractivity (Wildman–Crippen MR) is 86.9 cm³/mol. The second kappa shape index (κ2) is 5.45. The average molecular weight is 311 g/mol. The first kappa shape index (κ1) is 14.4. The molecule has 1 aliphatic rings. The summed E-state index contributed by atoms with van der Waals surface area (Å²) in [7, 11) is 1.94. The molecular formula is C17H21N5O. The van der Waals surface area contributed by atoms with E-state index in [1.54, 1.807) is 0 Å². The number of hydrogen-bond donors (Lipinski definition) is 0. The van der Waals surface area contributed by atoms with Crippen LogP contribution >= 0.6 is 0 Å². The van der Waals surface area contributed by atoms with E-state index in [1.807, 2.05) is 31.8 Å². The average Bonchev–Trinajstić information content (AvgIpc) is 3.21. The van der Waals surface area contributed by atoms with Crippen LogP contribution in [0.1, 0.15) is 41.6 Å². The Kier molecular flexibility index (Phi) is 3.41. The van der Waals surface area contributed by atoms with E-state index in [-0.39, 0.29) is 0 Å². The molecule has 0 saturated carbocycles. The maximum absolute atomic E-state index is 5.49. The van der Waals surface area contributed by atoms with Gasteiger partial charge < -0.3 is 4.52 Å². The number of hydrogen-bond acceptors (Lipinski definition) is 5. The van der Waals surface area contributed by atoms with Gasteiger partial charge in [0.2, 0.25) is 0 Å². The predicted octanol–water partition coefficient (Wildman–Crippen LogP) is 2.91. The van der Waals surface area contributed by atoms with Crippen molar-refractivity contribution in [2.24, 2.45) is 7.05 Å². The minimum absolute atomic E-state index is 0.321. The lowest BCUT2D eigenvalue weighted by molar-refractivity contribution is 0.206. The van der Waals surface area contributed by atoms with Crippen molar-refractivity contribution in [2.45, 2.75) is 39.3 Å². The van der Waals surface area contributed by atoms with E-state index < -0.39 is 0 Å². The van der Waals surface area contributed by atoms with Crippen LogP contribution in [-0.4, -0.2) is 31.4 Å². The summed E-state index contributed by atoms with van der Waals surface area (Å²) in [4.78, 5) is 7.04. The first-order chi connectivity index (χ1) is 11.1. The lowest BCUT2D eigenvalue weighted by atomic mass is 10.1. The number of rotatable bonds is 3. The molecule has 0 aromatic carbocycles. The summed E-state index contributed by atoms with van der Waals surface area (Å²) >= 11 is 0. The Bertz CT molecular complexity index is 850. The van der Waals surface area contributed by atoms with Gasteiger partial charge in [-0.3, -0.25) is 9.58 Å². The largest absolute Gasteiger partial charge is 0.359 e. The highest BCUT2D eigenvalue weighted by Crippen LogP contribution is 2.33. The number of aryl methyl sites for hydroxylation is 3. The van der Waals surface area contributed by atoms with Crippen molar-refractivity contribution >= 4 is 11.0 Å². The Balaban J connectivity index is 1.60. The Labute approximate surface area is 135 Å². The highest BCUT2D eigenvalue weighted by Gasteiger charge is 2.29. The summed E-state index contributed by atoms with van der Waals surface area (Å²) in [6.45, 7) is 5.95. The van der Waals surface area contributed by atoms with Crippen LogP contribution in [0.25, 0.3) is 11.0 Å². The molecule has 0 aliphatic carbocycles. The summed E-state index contributed by atoms with van der Waals surface area (Å²) in [6, 6.07) is 4.59. The lowest BCUT2D eigenvalue weighted by Crippen LogP contribution is -2.22. The van der Waals surface area contributed by atoms with Gasteiger partial charge in [-0.15, -0.1) is 0 Å². The van der Waals surface area contributed by atoms with E-state index in [4.69, 9.17) is 4.52 Å². The summed E-state index contributed by atoms with van der Waals surface area (Å²) < 4.78 is 7.33. The van der Waals surface area contributed by atoms with Crippen molar-refractivity contribution < 1.29 is 4.52 Å². The third kappa shape index (κ3) is 2.53. The Morgan fingerprint density at radius 1 is 1.30 bits per heavy atom. The normalized spacial score (nSPS) is 19.0. The third-order valence-electron chi connectivity index (χ3n) is 4.64. The Morgan fingerprint density at radius 3 is 2.96 bits per heavy atom. The van der Waals surface area contributed by atoms with Gasteiger partial charge in [0.25, 0.3) is 0 Å². The number of fused-ring (bicyclic) bond motifs is 1. The van der Waals surface area contributed by atoms with Gasteiger partial charge in [0, 0.05) is 31.2 Å². The van der Waals surface area contributed by atoms with Crippen LogP contribution in [-0.2, 0) is 13.6 Å². The Morgan fingerprint density at radius 2 is 2.17 bits per heavy atom. The molecule has 0 bridgehead atoms. The zero-order chi connectivity index (χ0) is 16.0. The monoisotopic (exact) mass is 311 g/mol. The summed E-state index contributed by atoms with van der Waals surface area (Å²) in [5.41, 5.74) is 4.13. The van der Waals surface area contributed by atoms with E-state index in [0.29, 0.717) is 6.04 Å². The van der Waals surface area contributed by atoms with E-state index >= 15 is 0 Å². The molecule has 0 N–H and O–H groups in total. The molecule has 23 heavy (non-hydrogen) atoms. The molecule has 4 heterocycles. The SMILES string of the molecule is Cc1cc([C@@H]2CCCN2Cc2cnc3c(c2)c(C)nn3C)on1. The van der Waals surface area contributed by atoms with Gasteiger partial charge in [-0.1, -0.05) is 5.16 Å². The van der Waals surface area contributed by atoms with Gasteiger partial charge in [-0.05, 0) is 44.9 Å². The van der Waals surface area contributed by atoms with Crippen molar-refractivity contribution in [1.29, 1.82) is 0 Å². The van der Waals surface area contributed by atoms with E-state index in [2.05, 4.69) is 32.3 Å². The van der Waals surface area contributed by atoms with Crippen molar-refractivity contribution in [1.82, 2.24) is 24.8 Å². The van der Waals surface area contributed by atoms with Crippen LogP contribution in [0.3, 0.4) is 0 Å². The Hall–Kier alpha value is -2.21. The fourth-order valence-corrected chi connectivity index (χ4v) is 3.55. The summed E-state index contributed by atoms with van der Waals surface area (Å²) in [5, 5.41) is 9.61. The highest BCUT2D eigenvalue weighted by atomic mass is 16.5. The fourth-order valence-electron chi connectivity index (χ4n) is 3.55. The molecule has 1 fully saturated rings. The molecule has 0 radical (unpaired) electrons. The number of aromatic nitrogens is 4. The van der Waals surface area contributed by atoms with Crippen LogP contribution in [0, 0.1) is 13.8 Å². The van der Waals surface area contributed by atoms with E-state index in [9.17, 15) is 0 Å². The molecule has 0 amide bonds. The maximum Gasteiger partial charge on any atom is 0.157 e. The van der Waals surface area contributed by atoms with Crippen molar-refractivity contribution in [3.05, 3.63) is 41.0 Å². The second-order valence-corrected chi connectivity index (χ2v) is 6.42. The molecule has 3 aromatic rings. The molecule has 0 unspecified atom stereocenters. The van der Waals surface area contributed by atoms with Crippen LogP contribution in [0.4, 0.5) is 0 Å². The van der Waals surface area contributed by atoms with Crippen molar-refractivity contribution in [2.75, 3.05) is 6.54 Å². The van der Waals surface area contributed by atoms with Crippen molar-refractivity contribution in [3.63, 3.8) is 0 Å². The van der Waals surface area contributed by atoms with Gasteiger partial charge >= 0.3 is 0 Å². The standard InChI is InChI=1S/C17H21N5O/c1-11-7-16(23-20-11)15-5-4-6-22(15)10-13-8-14-12(2)19-21(3)17(14)18-9-13/h7-9,15H,4-6,10H2,1-3H3/t15-/m0/s1. The van der Waals surface area contributed by atoms with Crippen LogP contribution in [0.2, 0.25) is 0 Å². The molecule has 3 aromatic heterocycles. The molecule has 6 heteroatoms. The first-order valence-electron chi connectivity index (χ1n) is 8.07. The number of pyridine rings is 1.